The highest BCUT2D eigenvalue weighted by Crippen LogP contribution is 2.27. The Kier molecular flexibility index (Phi) is 5.25. The molecule has 2 aromatic carbocycles. The first-order valence-electron chi connectivity index (χ1n) is 10.2. The van der Waals surface area contributed by atoms with Crippen LogP contribution in [-0.4, -0.2) is 49.1 Å². The molecule has 30 heavy (non-hydrogen) atoms. The molecule has 1 aliphatic rings. The first-order valence-corrected chi connectivity index (χ1v) is 11.0. The molecule has 7 heteroatoms. The van der Waals surface area contributed by atoms with Crippen LogP contribution in [0, 0.1) is 0 Å². The van der Waals surface area contributed by atoms with Gasteiger partial charge in [0.15, 0.2) is 5.76 Å². The molecule has 0 unspecified atom stereocenters. The molecule has 0 spiro atoms. The first kappa shape index (κ1) is 19.2. The molecule has 1 N–H and O–H groups in total. The lowest BCUT2D eigenvalue weighted by Gasteiger charge is -2.31. The SMILES string of the molecule is COCc1c(C(=O)N2CC[NH+](Cc3nc4ccccc4s3)CC2)oc2ccccc12. The highest BCUT2D eigenvalue weighted by Gasteiger charge is 2.29. The van der Waals surface area contributed by atoms with Crippen molar-refractivity contribution in [3.63, 3.8) is 0 Å². The van der Waals surface area contributed by atoms with Crippen molar-refractivity contribution in [1.29, 1.82) is 0 Å². The van der Waals surface area contributed by atoms with Gasteiger partial charge < -0.3 is 19.0 Å². The predicted octanol–water partition coefficient (Wildman–Crippen LogP) is 2.73. The number of para-hydroxylation sites is 2. The van der Waals surface area contributed by atoms with Crippen molar-refractivity contribution in [1.82, 2.24) is 9.88 Å². The summed E-state index contributed by atoms with van der Waals surface area (Å²) in [5, 5.41) is 2.11. The largest absolute Gasteiger partial charge is 0.451 e. The third kappa shape index (κ3) is 3.60. The van der Waals surface area contributed by atoms with Crippen molar-refractivity contribution in [2.75, 3.05) is 33.3 Å². The average molecular weight is 423 g/mol. The number of methoxy groups -OCH3 is 1. The molecule has 1 saturated heterocycles. The van der Waals surface area contributed by atoms with Crippen LogP contribution >= 0.6 is 11.3 Å². The summed E-state index contributed by atoms with van der Waals surface area (Å²) in [5.41, 5.74) is 2.64. The summed E-state index contributed by atoms with van der Waals surface area (Å²) in [6, 6.07) is 16.0. The van der Waals surface area contributed by atoms with Gasteiger partial charge >= 0.3 is 0 Å². The van der Waals surface area contributed by atoms with Crippen LogP contribution in [0.25, 0.3) is 21.2 Å². The molecule has 4 aromatic rings. The molecule has 0 radical (unpaired) electrons. The number of fused-ring (bicyclic) bond motifs is 2. The number of thiazole rings is 1. The molecule has 154 valence electrons. The molecule has 0 saturated carbocycles. The van der Waals surface area contributed by atoms with E-state index in [-0.39, 0.29) is 5.91 Å². The van der Waals surface area contributed by atoms with Crippen LogP contribution in [0.4, 0.5) is 0 Å². The fourth-order valence-corrected chi connectivity index (χ4v) is 5.15. The number of amides is 1. The summed E-state index contributed by atoms with van der Waals surface area (Å²) in [7, 11) is 1.64. The number of nitrogens with one attached hydrogen (secondary N) is 1. The zero-order chi connectivity index (χ0) is 20.5. The summed E-state index contributed by atoms with van der Waals surface area (Å²) in [6.07, 6.45) is 0. The number of rotatable bonds is 5. The van der Waals surface area contributed by atoms with Gasteiger partial charge in [-0.05, 0) is 18.2 Å². The maximum absolute atomic E-state index is 13.2. The van der Waals surface area contributed by atoms with Crippen LogP contribution in [0.15, 0.2) is 52.9 Å². The monoisotopic (exact) mass is 422 g/mol. The van der Waals surface area contributed by atoms with Crippen LogP contribution < -0.4 is 4.90 Å². The van der Waals surface area contributed by atoms with E-state index in [0.717, 1.165) is 46.7 Å². The molecule has 5 rings (SSSR count). The number of benzene rings is 2. The van der Waals surface area contributed by atoms with Crippen LogP contribution in [0.2, 0.25) is 0 Å². The van der Waals surface area contributed by atoms with E-state index in [9.17, 15) is 4.79 Å². The number of carbonyl (C=O) groups is 1. The minimum absolute atomic E-state index is 0.0442. The Morgan fingerprint density at radius 2 is 1.93 bits per heavy atom. The van der Waals surface area contributed by atoms with E-state index < -0.39 is 0 Å². The van der Waals surface area contributed by atoms with Gasteiger partial charge in [-0.1, -0.05) is 30.3 Å². The molecule has 1 aliphatic heterocycles. The Morgan fingerprint density at radius 3 is 2.73 bits per heavy atom. The standard InChI is InChI=1S/C23H23N3O3S/c1-28-15-17-16-6-2-4-8-19(16)29-22(17)23(27)26-12-10-25(11-13-26)14-21-24-18-7-3-5-9-20(18)30-21/h2-9H,10-15H2,1H3/p+1. The number of quaternary nitrogens is 1. The van der Waals surface area contributed by atoms with E-state index in [1.54, 1.807) is 18.4 Å². The van der Waals surface area contributed by atoms with Crippen molar-refractivity contribution >= 4 is 38.4 Å². The molecule has 6 nitrogen and oxygen atoms in total. The van der Waals surface area contributed by atoms with Crippen LogP contribution in [0.5, 0.6) is 0 Å². The second-order valence-electron chi connectivity index (χ2n) is 7.63. The number of hydrogen-bond acceptors (Lipinski definition) is 5. The normalized spacial score (nSPS) is 15.3. The van der Waals surface area contributed by atoms with Crippen LogP contribution in [0.1, 0.15) is 21.1 Å². The second-order valence-corrected chi connectivity index (χ2v) is 8.75. The predicted molar refractivity (Wildman–Crippen MR) is 117 cm³/mol. The zero-order valence-electron chi connectivity index (χ0n) is 16.9. The summed E-state index contributed by atoms with van der Waals surface area (Å²) < 4.78 is 12.5. The molecule has 1 fully saturated rings. The van der Waals surface area contributed by atoms with Crippen molar-refractivity contribution in [2.45, 2.75) is 13.2 Å². The molecule has 0 atom stereocenters. The summed E-state index contributed by atoms with van der Waals surface area (Å²) >= 11 is 1.76. The van der Waals surface area contributed by atoms with E-state index >= 15 is 0 Å². The lowest BCUT2D eigenvalue weighted by molar-refractivity contribution is -0.917. The highest BCUT2D eigenvalue weighted by molar-refractivity contribution is 7.18. The maximum atomic E-state index is 13.2. The van der Waals surface area contributed by atoms with Gasteiger partial charge in [0.1, 0.15) is 17.1 Å². The van der Waals surface area contributed by atoms with Gasteiger partial charge in [-0.25, -0.2) is 4.98 Å². The van der Waals surface area contributed by atoms with E-state index in [1.165, 1.54) is 9.60 Å². The lowest BCUT2D eigenvalue weighted by atomic mass is 10.1. The smallest absolute Gasteiger partial charge is 0.290 e. The zero-order valence-corrected chi connectivity index (χ0v) is 17.7. The van der Waals surface area contributed by atoms with Gasteiger partial charge in [0.2, 0.25) is 0 Å². The topological polar surface area (TPSA) is 60.0 Å². The van der Waals surface area contributed by atoms with Crippen LogP contribution in [0.3, 0.4) is 0 Å². The first-order chi connectivity index (χ1) is 14.7. The number of nitrogens with zero attached hydrogens (tertiary/aromatic N) is 2. The van der Waals surface area contributed by atoms with E-state index in [0.29, 0.717) is 25.5 Å². The molecule has 1 amide bonds. The minimum atomic E-state index is -0.0442. The summed E-state index contributed by atoms with van der Waals surface area (Å²) in [6.45, 7) is 4.50. The van der Waals surface area contributed by atoms with Gasteiger partial charge in [0.25, 0.3) is 5.91 Å². The van der Waals surface area contributed by atoms with Crippen molar-refractivity contribution < 1.29 is 18.8 Å². The number of piperazine rings is 1. The maximum Gasteiger partial charge on any atom is 0.290 e. The Bertz CT molecular complexity index is 1160. The Balaban J connectivity index is 1.28. The molecular formula is C23H24N3O3S+. The number of hydrogen-bond donors (Lipinski definition) is 1. The van der Waals surface area contributed by atoms with Crippen LogP contribution in [-0.2, 0) is 17.9 Å². The molecule has 2 aromatic heterocycles. The Morgan fingerprint density at radius 1 is 1.17 bits per heavy atom. The minimum Gasteiger partial charge on any atom is -0.451 e. The van der Waals surface area contributed by atoms with E-state index in [1.807, 2.05) is 35.2 Å². The van der Waals surface area contributed by atoms with E-state index in [4.69, 9.17) is 14.1 Å². The van der Waals surface area contributed by atoms with Gasteiger partial charge in [-0.15, -0.1) is 11.3 Å². The van der Waals surface area contributed by atoms with Gasteiger partial charge in [-0.2, -0.15) is 0 Å². The van der Waals surface area contributed by atoms with Crippen molar-refractivity contribution in [2.24, 2.45) is 0 Å². The number of ether oxygens (including phenoxy) is 1. The number of carbonyl (C=O) groups excluding carboxylic acids is 1. The highest BCUT2D eigenvalue weighted by atomic mass is 32.1. The van der Waals surface area contributed by atoms with Crippen molar-refractivity contribution in [3.05, 3.63) is 64.9 Å². The lowest BCUT2D eigenvalue weighted by Crippen LogP contribution is -3.13. The second kappa shape index (κ2) is 8.18. The molecule has 3 heterocycles. The molecule has 0 bridgehead atoms. The van der Waals surface area contributed by atoms with Gasteiger partial charge in [0.05, 0.1) is 43.0 Å². The Labute approximate surface area is 178 Å². The summed E-state index contributed by atoms with van der Waals surface area (Å²) in [4.78, 5) is 21.3. The average Bonchev–Trinajstić information content (AvgIpc) is 3.35. The van der Waals surface area contributed by atoms with Crippen molar-refractivity contribution in [3.8, 4) is 0 Å². The fourth-order valence-electron chi connectivity index (χ4n) is 4.12. The summed E-state index contributed by atoms with van der Waals surface area (Å²) in [5.74, 6) is 0.366. The third-order valence-corrected chi connectivity index (χ3v) is 6.71. The third-order valence-electron chi connectivity index (χ3n) is 5.68. The fraction of sp³-hybridized carbons (Fsp3) is 0.304. The molecular weight excluding hydrogens is 398 g/mol. The quantitative estimate of drug-likeness (QED) is 0.537. The van der Waals surface area contributed by atoms with Gasteiger partial charge in [0, 0.05) is 18.1 Å². The Hall–Kier alpha value is -2.74. The number of furan rings is 1. The van der Waals surface area contributed by atoms with Gasteiger partial charge in [-0.3, -0.25) is 4.79 Å². The van der Waals surface area contributed by atoms with E-state index in [2.05, 4.69) is 18.2 Å². The number of aromatic nitrogens is 1. The molecule has 0 aliphatic carbocycles.